The van der Waals surface area contributed by atoms with Crippen LogP contribution in [0.3, 0.4) is 0 Å². The van der Waals surface area contributed by atoms with Crippen LogP contribution in [0, 0.1) is 0 Å². The molecule has 0 fully saturated rings. The van der Waals surface area contributed by atoms with Crippen molar-refractivity contribution in [2.24, 2.45) is 0 Å². The highest BCUT2D eigenvalue weighted by Crippen LogP contribution is 2.44. The van der Waals surface area contributed by atoms with Gasteiger partial charge < -0.3 is 14.3 Å². The van der Waals surface area contributed by atoms with Crippen molar-refractivity contribution in [1.82, 2.24) is 20.5 Å². The van der Waals surface area contributed by atoms with E-state index >= 15 is 0 Å². The summed E-state index contributed by atoms with van der Waals surface area (Å²) in [5, 5.41) is 10.1. The monoisotopic (exact) mass is 514 g/mol. The normalized spacial score (nSPS) is 13.4. The maximum atomic E-state index is 13.0. The molecule has 4 aromatic rings. The Morgan fingerprint density at radius 3 is 2.21 bits per heavy atom. The molecule has 1 atom stereocenters. The molecule has 10 heteroatoms. The number of rotatable bonds is 6. The third-order valence-electron chi connectivity index (χ3n) is 6.00. The van der Waals surface area contributed by atoms with E-state index in [2.05, 4.69) is 15.6 Å². The number of nitrogens with zero attached hydrogens (tertiary/aromatic N) is 3. The van der Waals surface area contributed by atoms with E-state index in [9.17, 15) is 14.4 Å². The molecule has 0 saturated heterocycles. The molecule has 0 saturated carbocycles. The molecule has 1 N–H and O–H groups in total. The highest BCUT2D eigenvalue weighted by Gasteiger charge is 2.32. The molecule has 1 aliphatic rings. The van der Waals surface area contributed by atoms with Crippen LogP contribution in [0.4, 0.5) is 4.79 Å². The molecule has 10 nitrogen and oxygen atoms in total. The molecule has 0 aliphatic heterocycles. The van der Waals surface area contributed by atoms with E-state index in [4.69, 9.17) is 14.3 Å². The molecule has 0 bridgehead atoms. The van der Waals surface area contributed by atoms with Gasteiger partial charge in [-0.1, -0.05) is 60.7 Å². The van der Waals surface area contributed by atoms with E-state index in [1.165, 1.54) is 6.07 Å². The summed E-state index contributed by atoms with van der Waals surface area (Å²) >= 11 is 0. The van der Waals surface area contributed by atoms with Crippen LogP contribution in [0.5, 0.6) is 0 Å². The van der Waals surface area contributed by atoms with Crippen molar-refractivity contribution in [2.45, 2.75) is 38.5 Å². The molecule has 5 rings (SSSR count). The van der Waals surface area contributed by atoms with E-state index in [1.807, 2.05) is 48.5 Å². The average molecular weight is 515 g/mol. The lowest BCUT2D eigenvalue weighted by molar-refractivity contribution is -0.172. The minimum absolute atomic E-state index is 0.0484. The quantitative estimate of drug-likeness (QED) is 0.307. The van der Waals surface area contributed by atoms with Crippen LogP contribution >= 0.6 is 0 Å². The van der Waals surface area contributed by atoms with Gasteiger partial charge in [-0.25, -0.2) is 9.59 Å². The van der Waals surface area contributed by atoms with Gasteiger partial charge in [0, 0.05) is 5.92 Å². The number of nitrogens with one attached hydrogen (secondary N) is 1. The number of ether oxygens (including phenoxy) is 2. The summed E-state index contributed by atoms with van der Waals surface area (Å²) in [7, 11) is 0. The van der Waals surface area contributed by atoms with Crippen LogP contribution in [0.25, 0.3) is 22.0 Å². The molecule has 194 valence electrons. The Morgan fingerprint density at radius 2 is 1.55 bits per heavy atom. The predicted molar refractivity (Wildman–Crippen MR) is 138 cm³/mol. The Balaban J connectivity index is 1.30. The molecule has 1 amide bonds. The fraction of sp³-hybridized carbons (Fsp3) is 0.250. The summed E-state index contributed by atoms with van der Waals surface area (Å²) in [5.41, 5.74) is 3.12. The first kappa shape index (κ1) is 25.1. The predicted octanol–water partition coefficient (Wildman–Crippen LogP) is 3.43. The Morgan fingerprint density at radius 1 is 0.947 bits per heavy atom. The molecule has 0 spiro atoms. The summed E-state index contributed by atoms with van der Waals surface area (Å²) in [6, 6.07) is 22.4. The van der Waals surface area contributed by atoms with Crippen LogP contribution < -0.4 is 15.7 Å². The van der Waals surface area contributed by atoms with Crippen LogP contribution in [0.15, 0.2) is 77.6 Å². The molecule has 0 radical (unpaired) electrons. The number of benzene rings is 3. The number of fused-ring (bicyclic) bond motifs is 4. The van der Waals surface area contributed by atoms with Gasteiger partial charge in [-0.05, 0) is 65.2 Å². The second-order valence-electron chi connectivity index (χ2n) is 9.78. The summed E-state index contributed by atoms with van der Waals surface area (Å²) in [4.78, 5) is 44.0. The Labute approximate surface area is 218 Å². The minimum Gasteiger partial charge on any atom is -0.448 e. The topological polar surface area (TPSA) is 122 Å². The minimum atomic E-state index is -1.58. The Hall–Kier alpha value is -4.57. The maximum absolute atomic E-state index is 13.0. The number of carbonyl (C=O) groups is 2. The van der Waals surface area contributed by atoms with Gasteiger partial charge in [0.25, 0.3) is 0 Å². The van der Waals surface area contributed by atoms with E-state index in [0.29, 0.717) is 10.4 Å². The Bertz CT molecular complexity index is 1530. The highest BCUT2D eigenvalue weighted by atomic mass is 16.7. The third kappa shape index (κ3) is 5.12. The molecule has 38 heavy (non-hydrogen) atoms. The molecular weight excluding hydrogens is 488 g/mol. The van der Waals surface area contributed by atoms with E-state index in [0.717, 1.165) is 22.3 Å². The lowest BCUT2D eigenvalue weighted by Gasteiger charge is -2.26. The Kier molecular flexibility index (Phi) is 6.64. The zero-order valence-corrected chi connectivity index (χ0v) is 21.1. The van der Waals surface area contributed by atoms with Crippen molar-refractivity contribution < 1.29 is 23.9 Å². The first-order valence-electron chi connectivity index (χ1n) is 12.1. The van der Waals surface area contributed by atoms with E-state index in [-0.39, 0.29) is 17.9 Å². The zero-order valence-electron chi connectivity index (χ0n) is 21.1. The molecule has 3 aromatic carbocycles. The van der Waals surface area contributed by atoms with Gasteiger partial charge in [-0.2, -0.15) is 0 Å². The van der Waals surface area contributed by atoms with Crippen molar-refractivity contribution >= 4 is 23.0 Å². The summed E-state index contributed by atoms with van der Waals surface area (Å²) in [6.07, 6.45) is -2.46. The van der Waals surface area contributed by atoms with Crippen LogP contribution in [0.1, 0.15) is 37.8 Å². The van der Waals surface area contributed by atoms with Crippen molar-refractivity contribution in [3.63, 3.8) is 0 Å². The summed E-state index contributed by atoms with van der Waals surface area (Å²) < 4.78 is 11.2. The first-order chi connectivity index (χ1) is 18.2. The lowest BCUT2D eigenvalue weighted by atomic mass is 9.98. The smallest absolute Gasteiger partial charge is 0.409 e. The number of alkyl carbamates (subject to hydrolysis) is 1. The SMILES string of the molecule is CC(C)(C)O[C@H](NC(=O)OCC1c2ccccc2-c2ccccc21)C(=O)On1nnc2ccccc2c1=O. The standard InChI is InChI=1S/C28H26N4O6/c1-28(2,3)37-24(26(34)38-32-25(33)21-14-8-9-15-23(21)30-31-32)29-27(35)36-16-22-19-12-6-4-10-17(19)18-11-5-7-13-20(18)22/h4-15,22,24H,16H2,1-3H3,(H,29,35)/t24-/m0/s1. The lowest BCUT2D eigenvalue weighted by Crippen LogP contribution is -2.51. The largest absolute Gasteiger partial charge is 0.448 e. The fourth-order valence-corrected chi connectivity index (χ4v) is 4.40. The van der Waals surface area contributed by atoms with Crippen molar-refractivity contribution in [3.05, 3.63) is 94.3 Å². The average Bonchev–Trinajstić information content (AvgIpc) is 3.22. The number of hydrogen-bond donors (Lipinski definition) is 1. The van der Waals surface area contributed by atoms with Gasteiger partial charge in [0.05, 0.1) is 11.0 Å². The highest BCUT2D eigenvalue weighted by molar-refractivity contribution is 5.81. The van der Waals surface area contributed by atoms with Gasteiger partial charge >= 0.3 is 17.6 Å². The van der Waals surface area contributed by atoms with Crippen LogP contribution in [0.2, 0.25) is 0 Å². The molecule has 0 unspecified atom stereocenters. The number of hydrogen-bond acceptors (Lipinski definition) is 8. The van der Waals surface area contributed by atoms with Crippen LogP contribution in [-0.4, -0.2) is 45.7 Å². The number of aromatic nitrogens is 3. The van der Waals surface area contributed by atoms with Gasteiger partial charge in [0.15, 0.2) is 0 Å². The molecular formula is C28H26N4O6. The van der Waals surface area contributed by atoms with Gasteiger partial charge in [0.2, 0.25) is 6.23 Å². The van der Waals surface area contributed by atoms with Crippen molar-refractivity contribution in [3.8, 4) is 11.1 Å². The van der Waals surface area contributed by atoms with E-state index < -0.39 is 29.5 Å². The summed E-state index contributed by atoms with van der Waals surface area (Å²) in [5.74, 6) is -1.23. The van der Waals surface area contributed by atoms with E-state index in [1.54, 1.807) is 39.0 Å². The number of amides is 1. The first-order valence-corrected chi connectivity index (χ1v) is 12.1. The molecule has 1 heterocycles. The van der Waals surface area contributed by atoms with Crippen molar-refractivity contribution in [2.75, 3.05) is 6.61 Å². The maximum Gasteiger partial charge on any atom is 0.409 e. The number of carbonyl (C=O) groups excluding carboxylic acids is 2. The molecule has 1 aromatic heterocycles. The van der Waals surface area contributed by atoms with Crippen molar-refractivity contribution in [1.29, 1.82) is 0 Å². The second-order valence-corrected chi connectivity index (χ2v) is 9.78. The second kappa shape index (κ2) is 10.1. The zero-order chi connectivity index (χ0) is 26.9. The summed E-state index contributed by atoms with van der Waals surface area (Å²) in [6.45, 7) is 5.16. The van der Waals surface area contributed by atoms with Crippen LogP contribution in [-0.2, 0) is 14.3 Å². The fourth-order valence-electron chi connectivity index (χ4n) is 4.40. The van der Waals surface area contributed by atoms with Gasteiger partial charge in [-0.15, -0.1) is 5.10 Å². The van der Waals surface area contributed by atoms with Gasteiger partial charge in [-0.3, -0.25) is 10.1 Å². The van der Waals surface area contributed by atoms with Gasteiger partial charge in [0.1, 0.15) is 12.1 Å². The third-order valence-corrected chi connectivity index (χ3v) is 6.00. The molecule has 1 aliphatic carbocycles.